The summed E-state index contributed by atoms with van der Waals surface area (Å²) in [4.78, 5) is 175. The normalized spacial score (nSPS) is 20.7. The first kappa shape index (κ1) is 117. The molecule has 0 spiro atoms. The Morgan fingerprint density at radius 3 is 0.907 bits per heavy atom. The highest BCUT2D eigenvalue weighted by molar-refractivity contribution is 7.99. The number of allylic oxidation sites excluding steroid dienone is 1. The van der Waals surface area contributed by atoms with E-state index in [2.05, 4.69) is 61.8 Å². The maximum Gasteiger partial charge on any atom is 0.479 e. The predicted octanol–water partition coefficient (Wildman–Crippen LogP) is 7.12. The molecule has 15 unspecified atom stereocenters. The van der Waals surface area contributed by atoms with Gasteiger partial charge in [-0.2, -0.15) is 0 Å². The van der Waals surface area contributed by atoms with E-state index >= 15 is 0 Å². The lowest BCUT2D eigenvalue weighted by atomic mass is 10.2. The van der Waals surface area contributed by atoms with Crippen molar-refractivity contribution >= 4 is 149 Å². The van der Waals surface area contributed by atoms with Crippen LogP contribution >= 0.6 is 120 Å². The largest absolute Gasteiger partial charge is 0.481 e. The van der Waals surface area contributed by atoms with Crippen molar-refractivity contribution in [1.29, 1.82) is 0 Å². The van der Waals surface area contributed by atoms with Crippen LogP contribution in [0.4, 0.5) is 0 Å². The second-order valence-corrected chi connectivity index (χ2v) is 45.4. The Hall–Kier alpha value is -0.400. The Labute approximate surface area is 616 Å². The third-order valence-electron chi connectivity index (χ3n) is 8.51. The lowest BCUT2D eigenvalue weighted by molar-refractivity contribution is -0.137. The van der Waals surface area contributed by atoms with Crippen molar-refractivity contribution < 1.29 is 243 Å². The molecule has 0 amide bonds. The van der Waals surface area contributed by atoms with Crippen molar-refractivity contribution in [3.05, 3.63) is 23.3 Å². The average molecular weight is 1870 g/mol. The monoisotopic (exact) mass is 1870 g/mol. The first-order chi connectivity index (χ1) is 47.5. The minimum Gasteiger partial charge on any atom is -0.481 e. The van der Waals surface area contributed by atoms with Crippen molar-refractivity contribution in [1.82, 2.24) is 0 Å². The summed E-state index contributed by atoms with van der Waals surface area (Å²) in [7, 11) is -60.2. The number of epoxide rings is 1. The zero-order valence-corrected chi connectivity index (χ0v) is 71.6. The van der Waals surface area contributed by atoms with Crippen molar-refractivity contribution in [3.63, 3.8) is 0 Å². The first-order valence-electron chi connectivity index (χ1n) is 28.2. The van der Waals surface area contributed by atoms with Crippen LogP contribution in [0.25, 0.3) is 0 Å². The minimum atomic E-state index is -4.65. The van der Waals surface area contributed by atoms with E-state index in [4.69, 9.17) is 93.7 Å². The summed E-state index contributed by atoms with van der Waals surface area (Å²) >= 11 is 0.976. The number of aliphatic hydroxyl groups is 1. The quantitative estimate of drug-likeness (QED) is 0.0125. The Bertz CT molecular complexity index is 3270. The fraction of sp³-hybridized carbons (Fsp3) is 0.775. The maximum atomic E-state index is 11.0. The van der Waals surface area contributed by atoms with E-state index in [-0.39, 0.29) is 107 Å². The molecule has 1 aliphatic heterocycles. The fourth-order valence-corrected chi connectivity index (χ4v) is 19.6. The minimum absolute atomic E-state index is 0.0249. The lowest BCUT2D eigenvalue weighted by Crippen LogP contribution is -2.02. The summed E-state index contributed by atoms with van der Waals surface area (Å²) in [6.07, 6.45) is 4.69. The number of carboxylic acid groups (broad SMARTS) is 3. The predicted molar refractivity (Wildman–Crippen MR) is 371 cm³/mol. The van der Waals surface area contributed by atoms with Crippen LogP contribution in [0.1, 0.15) is 79.1 Å². The molecule has 0 aliphatic carbocycles. The van der Waals surface area contributed by atoms with Gasteiger partial charge in [-0.1, -0.05) is 6.08 Å². The van der Waals surface area contributed by atoms with Gasteiger partial charge in [0.1, 0.15) is 5.78 Å². The Balaban J connectivity index is -0.000000278. The molecular formula is C40H92O52P14S. The molecule has 640 valence electrons. The number of ketones is 2. The molecular weight excluding hydrogens is 1780 g/mol. The van der Waals surface area contributed by atoms with Crippen LogP contribution in [0.2, 0.25) is 0 Å². The van der Waals surface area contributed by atoms with E-state index in [0.29, 0.717) is 37.9 Å². The van der Waals surface area contributed by atoms with Gasteiger partial charge >= 0.3 is 126 Å². The molecule has 52 nitrogen and oxygen atoms in total. The van der Waals surface area contributed by atoms with Gasteiger partial charge in [-0.05, 0) is 77.9 Å². The van der Waals surface area contributed by atoms with E-state index in [1.54, 1.807) is 0 Å². The summed E-state index contributed by atoms with van der Waals surface area (Å²) in [5, 5.41) is 33.3. The molecule has 1 heterocycles. The van der Waals surface area contributed by atoms with Gasteiger partial charge in [0.25, 0.3) is 0 Å². The highest BCUT2D eigenvalue weighted by Crippen LogP contribution is 2.62. The molecule has 1 fully saturated rings. The molecule has 15 atom stereocenters. The van der Waals surface area contributed by atoms with Crippen LogP contribution in [0.3, 0.4) is 0 Å². The van der Waals surface area contributed by atoms with Crippen LogP contribution in [-0.2, 0) is 154 Å². The number of thioether (sulfide) groups is 1. The smallest absolute Gasteiger partial charge is 0.479 e. The molecule has 0 aromatic rings. The van der Waals surface area contributed by atoms with Gasteiger partial charge in [0.2, 0.25) is 0 Å². The van der Waals surface area contributed by atoms with Crippen molar-refractivity contribution in [2.75, 3.05) is 118 Å². The highest BCUT2D eigenvalue weighted by Gasteiger charge is 2.35. The van der Waals surface area contributed by atoms with Gasteiger partial charge < -0.3 is 98.5 Å². The number of rotatable bonds is 48. The van der Waals surface area contributed by atoms with Gasteiger partial charge in [0.15, 0.2) is 5.78 Å². The Morgan fingerprint density at radius 2 is 0.654 bits per heavy atom. The summed E-state index contributed by atoms with van der Waals surface area (Å²) in [6.45, 7) is 9.56. The molecule has 107 heavy (non-hydrogen) atoms. The van der Waals surface area contributed by atoms with Gasteiger partial charge in [0.05, 0.1) is 64.7 Å². The second-order valence-electron chi connectivity index (χ2n) is 20.1. The number of aliphatic carboxylic acids is 3. The third-order valence-corrected chi connectivity index (χ3v) is 27.2. The van der Waals surface area contributed by atoms with Crippen LogP contribution in [-0.4, -0.2) is 242 Å². The number of carbonyl (C=O) groups is 5. The molecule has 0 saturated carbocycles. The number of phosphoric acid groups is 7. The molecule has 67 heteroatoms. The van der Waals surface area contributed by atoms with Gasteiger partial charge in [-0.3, -0.25) is 78.0 Å². The molecule has 0 aromatic heterocycles. The van der Waals surface area contributed by atoms with E-state index in [1.807, 2.05) is 0 Å². The average Bonchev–Trinajstić information content (AvgIpc) is 1.29. The zero-order chi connectivity index (χ0) is 85.8. The van der Waals surface area contributed by atoms with Crippen molar-refractivity contribution in [2.24, 2.45) is 0 Å². The van der Waals surface area contributed by atoms with Crippen molar-refractivity contribution in [3.8, 4) is 0 Å². The maximum absolute atomic E-state index is 11.0. The Morgan fingerprint density at radius 1 is 0.383 bits per heavy atom. The summed E-state index contributed by atoms with van der Waals surface area (Å²) in [5.74, 6) is -3.39. The number of unbranched alkanes of at least 4 members (excludes halogenated alkanes) is 2. The van der Waals surface area contributed by atoms with E-state index in [9.17, 15) is 87.9 Å². The third kappa shape index (κ3) is 99.7. The standard InChI is InChI=1S/C7H14O7P2.C7H16O7P2.C6H12O8P2.C6H14O8P2.C5H12O8P2S.C5H12O7P2.C4H12O7P2/c1-6(7(2)8)4-5-13-16(11,12)14-15(3,9)10;1-7(8)5-3-4-6-13-16(11,12)14-15(2,9)10;1-5(6(7)8)3-4-13-16(11,12)14-15(2,9)10;1-15(9,10)14-16(11,12)13-5-3-2-4-6(7)8;1-14(8,9)13-15(10,11)12-2-3-16-4-5(6)7;1-13(6,7)12-14(8,9)11-3-2-5-4-10-5;1-12(6,7)11-13(8,9)10-4-2-3-5/h4H,5H2,1-3H3,(H,9,10)(H,11,12);3-6H2,1-2H3,(H,9,10)(H,11,12);3H,4H2,1-2H3,(H,7,8)(H,9,10)(H,11,12);2-5H2,1H3,(H,7,8)(H,9,10)(H,11,12);2-4H2,1H3,(H,6,7)(H,8,9)(H,10,11);5H,2-4H2,1H3,(H,6,7)(H,8,9);5H,2-4H2,1H3,(H,6,7)(H,8,9)/b6-4+;;5-3+;;;;. The number of carboxylic acids is 3. The fourth-order valence-electron chi connectivity index (χ4n) is 4.61. The van der Waals surface area contributed by atoms with Crippen LogP contribution in [0, 0.1) is 0 Å². The molecule has 1 rings (SSSR count). The summed E-state index contributed by atoms with van der Waals surface area (Å²) in [6, 6.07) is 0. The molecule has 1 saturated heterocycles. The van der Waals surface area contributed by atoms with E-state index in [0.717, 1.165) is 64.5 Å². The number of carbonyl (C=O) groups excluding carboxylic acids is 2. The van der Waals surface area contributed by atoms with Gasteiger partial charge in [-0.25, -0.2) is 66.9 Å². The van der Waals surface area contributed by atoms with E-state index < -0.39 is 132 Å². The number of ether oxygens (including phenoxy) is 1. The van der Waals surface area contributed by atoms with Crippen LogP contribution in [0.5, 0.6) is 0 Å². The van der Waals surface area contributed by atoms with Crippen LogP contribution in [0.15, 0.2) is 23.3 Å². The number of Topliss-reactive ketones (excluding diaryl/α,β-unsaturated/α-hetero) is 2. The molecule has 1 aliphatic rings. The first-order valence-corrected chi connectivity index (χ1v) is 54.0. The highest BCUT2D eigenvalue weighted by atomic mass is 32.2. The van der Waals surface area contributed by atoms with Crippen LogP contribution < -0.4 is 0 Å². The number of phosphoric ester groups is 7. The lowest BCUT2D eigenvalue weighted by Gasteiger charge is -2.13. The SMILES string of the molecule is C/C(=C\COP(=O)(O)OP(C)(=O)O)C(=O)O.CC(=O)/C(C)=C/COP(=O)(O)OP(C)(=O)O.CC(=O)CCCCOP(=O)(O)OP(C)(=O)O.CP(=O)(O)OP(=O)(O)OCCC1CO1.CP(=O)(O)OP(=O)(O)OCCCCC(=O)O.CP(=O)(O)OP(=O)(O)OCCCO.CP(=O)(O)OP(=O)(O)OCCSCC(=O)O. The number of hydrogen-bond acceptors (Lipinski definition) is 36. The number of aliphatic hydroxyl groups excluding tert-OH is 1. The summed E-state index contributed by atoms with van der Waals surface area (Å²) in [5.41, 5.74) is 0.257. The van der Waals surface area contributed by atoms with Crippen molar-refractivity contribution in [2.45, 2.75) is 85.2 Å². The molecule has 18 N–H and O–H groups in total. The molecule has 0 aromatic carbocycles. The van der Waals surface area contributed by atoms with E-state index in [1.165, 1.54) is 33.8 Å². The second kappa shape index (κ2) is 55.3. The van der Waals surface area contributed by atoms with Gasteiger partial charge in [0, 0.05) is 77.4 Å². The molecule has 0 radical (unpaired) electrons. The van der Waals surface area contributed by atoms with Gasteiger partial charge in [-0.15, -0.1) is 11.8 Å². The molecule has 0 bridgehead atoms. The summed E-state index contributed by atoms with van der Waals surface area (Å²) < 4.78 is 214. The Kier molecular flexibility index (Phi) is 60.7. The topological polar surface area (TPSA) is 830 Å². The number of hydrogen-bond donors (Lipinski definition) is 18. The zero-order valence-electron chi connectivity index (χ0n) is 58.3.